The summed E-state index contributed by atoms with van der Waals surface area (Å²) < 4.78 is 0.562. The van der Waals surface area contributed by atoms with Crippen LogP contribution in [0.4, 0.5) is 0 Å². The molecular formula is C8H18NO2+. The van der Waals surface area contributed by atoms with Gasteiger partial charge in [-0.2, -0.15) is 0 Å². The summed E-state index contributed by atoms with van der Waals surface area (Å²) in [5, 5.41) is 8.55. The first-order valence-electron chi connectivity index (χ1n) is 3.87. The van der Waals surface area contributed by atoms with Crippen molar-refractivity contribution in [2.45, 2.75) is 13.8 Å². The van der Waals surface area contributed by atoms with Crippen LogP contribution in [0.2, 0.25) is 0 Å². The average molecular weight is 160 g/mol. The van der Waals surface area contributed by atoms with E-state index < -0.39 is 5.97 Å². The number of hydrogen-bond acceptors (Lipinski definition) is 1. The van der Waals surface area contributed by atoms with Gasteiger partial charge in [-0.3, -0.25) is 0 Å². The Morgan fingerprint density at radius 3 is 2.18 bits per heavy atom. The zero-order valence-electron chi connectivity index (χ0n) is 7.79. The Labute approximate surface area is 68.2 Å². The van der Waals surface area contributed by atoms with Crippen molar-refractivity contribution in [1.82, 2.24) is 0 Å². The normalized spacial score (nSPS) is 12.1. The van der Waals surface area contributed by atoms with Crippen LogP contribution < -0.4 is 0 Å². The van der Waals surface area contributed by atoms with Crippen LogP contribution in [0.5, 0.6) is 0 Å². The van der Waals surface area contributed by atoms with E-state index in [2.05, 4.69) is 13.8 Å². The van der Waals surface area contributed by atoms with Crippen LogP contribution in [0.1, 0.15) is 13.8 Å². The van der Waals surface area contributed by atoms with Crippen LogP contribution in [0, 0.1) is 5.92 Å². The highest BCUT2D eigenvalue weighted by molar-refractivity contribution is 5.67. The lowest BCUT2D eigenvalue weighted by molar-refractivity contribution is -0.886. The molecule has 0 amide bonds. The lowest BCUT2D eigenvalue weighted by Gasteiger charge is -2.29. The Balaban J connectivity index is 3.89. The van der Waals surface area contributed by atoms with Crippen molar-refractivity contribution in [2.24, 2.45) is 5.92 Å². The van der Waals surface area contributed by atoms with Crippen molar-refractivity contribution in [2.75, 3.05) is 27.2 Å². The van der Waals surface area contributed by atoms with Gasteiger partial charge >= 0.3 is 5.97 Å². The number of rotatable bonds is 4. The molecule has 0 aliphatic rings. The van der Waals surface area contributed by atoms with E-state index in [1.165, 1.54) is 0 Å². The van der Waals surface area contributed by atoms with Crippen molar-refractivity contribution in [3.63, 3.8) is 0 Å². The maximum absolute atomic E-state index is 10.4. The topological polar surface area (TPSA) is 37.3 Å². The van der Waals surface area contributed by atoms with Crippen LogP contribution in [0.3, 0.4) is 0 Å². The maximum Gasteiger partial charge on any atom is 0.359 e. The maximum atomic E-state index is 10.4. The predicted molar refractivity (Wildman–Crippen MR) is 44.3 cm³/mol. The summed E-state index contributed by atoms with van der Waals surface area (Å²) in [4.78, 5) is 10.4. The van der Waals surface area contributed by atoms with Gasteiger partial charge < -0.3 is 9.59 Å². The standard InChI is InChI=1S/C8H17NO2/c1-7(2)5-9(3,4)6-8(10)11/h7H,5-6H2,1-4H3/p+1. The first-order valence-corrected chi connectivity index (χ1v) is 3.87. The molecule has 0 aromatic rings. The van der Waals surface area contributed by atoms with E-state index >= 15 is 0 Å². The average Bonchev–Trinajstić information content (AvgIpc) is 1.53. The van der Waals surface area contributed by atoms with Crippen LogP contribution in [0.25, 0.3) is 0 Å². The zero-order chi connectivity index (χ0) is 9.07. The minimum atomic E-state index is -0.726. The number of likely N-dealkylation sites (N-methyl/N-ethyl adjacent to an activating group) is 1. The second-order valence-electron chi connectivity index (χ2n) is 4.06. The fourth-order valence-electron chi connectivity index (χ4n) is 1.42. The molecule has 66 valence electrons. The van der Waals surface area contributed by atoms with Crippen LogP contribution in [-0.4, -0.2) is 42.7 Å². The lowest BCUT2D eigenvalue weighted by atomic mass is 10.2. The summed E-state index contributed by atoms with van der Waals surface area (Å²) in [6, 6.07) is 0. The molecule has 0 saturated heterocycles. The number of carboxylic acids is 1. The Kier molecular flexibility index (Phi) is 3.52. The molecule has 0 saturated carbocycles. The van der Waals surface area contributed by atoms with Gasteiger partial charge in [-0.15, -0.1) is 0 Å². The summed E-state index contributed by atoms with van der Waals surface area (Å²) >= 11 is 0. The number of quaternary nitrogens is 1. The lowest BCUT2D eigenvalue weighted by Crippen LogP contribution is -2.46. The van der Waals surface area contributed by atoms with Gasteiger partial charge in [0.2, 0.25) is 0 Å². The Morgan fingerprint density at radius 2 is 1.91 bits per heavy atom. The van der Waals surface area contributed by atoms with Crippen molar-refractivity contribution < 1.29 is 14.4 Å². The molecule has 11 heavy (non-hydrogen) atoms. The summed E-state index contributed by atoms with van der Waals surface area (Å²) in [7, 11) is 3.88. The van der Waals surface area contributed by atoms with Gasteiger partial charge in [0.25, 0.3) is 0 Å². The Hall–Kier alpha value is -0.570. The van der Waals surface area contributed by atoms with Gasteiger partial charge in [-0.05, 0) is 0 Å². The van der Waals surface area contributed by atoms with Gasteiger partial charge in [0.05, 0.1) is 20.6 Å². The molecule has 3 nitrogen and oxygen atoms in total. The predicted octanol–water partition coefficient (Wildman–Crippen LogP) is 0.803. The molecule has 0 rings (SSSR count). The highest BCUT2D eigenvalue weighted by Crippen LogP contribution is 2.03. The summed E-state index contributed by atoms with van der Waals surface area (Å²) in [5.74, 6) is -0.181. The molecule has 0 spiro atoms. The van der Waals surface area contributed by atoms with Gasteiger partial charge in [0.15, 0.2) is 6.54 Å². The largest absolute Gasteiger partial charge is 0.477 e. The zero-order valence-corrected chi connectivity index (χ0v) is 7.79. The van der Waals surface area contributed by atoms with Crippen LogP contribution in [-0.2, 0) is 4.79 Å². The Bertz CT molecular complexity index is 141. The minimum absolute atomic E-state index is 0.207. The molecule has 3 heteroatoms. The second-order valence-corrected chi connectivity index (χ2v) is 4.06. The molecule has 0 fully saturated rings. The third-order valence-corrected chi connectivity index (χ3v) is 1.42. The second kappa shape index (κ2) is 3.72. The number of hydrogen-bond donors (Lipinski definition) is 1. The number of carboxylic acid groups (broad SMARTS) is 1. The first kappa shape index (κ1) is 10.4. The first-order chi connectivity index (χ1) is 4.83. The van der Waals surface area contributed by atoms with E-state index in [1.807, 2.05) is 14.1 Å². The molecule has 0 atom stereocenters. The minimum Gasteiger partial charge on any atom is -0.477 e. The van der Waals surface area contributed by atoms with E-state index in [-0.39, 0.29) is 6.54 Å². The SMILES string of the molecule is CC(C)C[N+](C)(C)CC(=O)O. The fourth-order valence-corrected chi connectivity index (χ4v) is 1.42. The number of nitrogens with zero attached hydrogens (tertiary/aromatic N) is 1. The smallest absolute Gasteiger partial charge is 0.359 e. The summed E-state index contributed by atoms with van der Waals surface area (Å²) in [5.41, 5.74) is 0. The summed E-state index contributed by atoms with van der Waals surface area (Å²) in [6.45, 7) is 5.31. The molecule has 0 unspecified atom stereocenters. The highest BCUT2D eigenvalue weighted by Gasteiger charge is 2.20. The van der Waals surface area contributed by atoms with Crippen molar-refractivity contribution >= 4 is 5.97 Å². The molecule has 0 bridgehead atoms. The van der Waals surface area contributed by atoms with Gasteiger partial charge in [0.1, 0.15) is 0 Å². The number of aliphatic carboxylic acids is 1. The van der Waals surface area contributed by atoms with Gasteiger partial charge in [-0.25, -0.2) is 4.79 Å². The molecule has 0 aromatic carbocycles. The quantitative estimate of drug-likeness (QED) is 0.618. The van der Waals surface area contributed by atoms with E-state index in [9.17, 15) is 4.79 Å². The van der Waals surface area contributed by atoms with Crippen molar-refractivity contribution in [1.29, 1.82) is 0 Å². The fraction of sp³-hybridized carbons (Fsp3) is 0.875. The molecule has 0 aliphatic carbocycles. The molecule has 0 aromatic heterocycles. The Morgan fingerprint density at radius 1 is 1.45 bits per heavy atom. The van der Waals surface area contributed by atoms with Gasteiger partial charge in [-0.1, -0.05) is 13.8 Å². The molecule has 0 radical (unpaired) electrons. The van der Waals surface area contributed by atoms with E-state index in [0.29, 0.717) is 10.4 Å². The monoisotopic (exact) mass is 160 g/mol. The molecule has 0 aliphatic heterocycles. The highest BCUT2D eigenvalue weighted by atomic mass is 16.4. The third kappa shape index (κ3) is 5.85. The third-order valence-electron chi connectivity index (χ3n) is 1.42. The van der Waals surface area contributed by atoms with E-state index in [0.717, 1.165) is 6.54 Å². The molecular weight excluding hydrogens is 142 g/mol. The van der Waals surface area contributed by atoms with Gasteiger partial charge in [0, 0.05) is 5.92 Å². The van der Waals surface area contributed by atoms with Crippen molar-refractivity contribution in [3.05, 3.63) is 0 Å². The van der Waals surface area contributed by atoms with Crippen molar-refractivity contribution in [3.8, 4) is 0 Å². The molecule has 1 N–H and O–H groups in total. The number of carbonyl (C=O) groups is 1. The van der Waals surface area contributed by atoms with E-state index in [1.54, 1.807) is 0 Å². The van der Waals surface area contributed by atoms with E-state index in [4.69, 9.17) is 5.11 Å². The summed E-state index contributed by atoms with van der Waals surface area (Å²) in [6.07, 6.45) is 0. The molecule has 0 heterocycles. The van der Waals surface area contributed by atoms with Crippen LogP contribution in [0.15, 0.2) is 0 Å². The van der Waals surface area contributed by atoms with Crippen LogP contribution >= 0.6 is 0 Å².